The molecule has 3 rings (SSSR count). The molecule has 8 heteroatoms. The number of aromatic nitrogens is 2. The van der Waals surface area contributed by atoms with Crippen LogP contribution in [0, 0.1) is 0 Å². The molecule has 0 aliphatic carbocycles. The first kappa shape index (κ1) is 19.6. The minimum absolute atomic E-state index is 0.119. The average molecular weight is 399 g/mol. The minimum Gasteiger partial charge on any atom is -0.497 e. The molecule has 28 heavy (non-hydrogen) atoms. The molecule has 0 saturated heterocycles. The Morgan fingerprint density at radius 1 is 1.04 bits per heavy atom. The largest absolute Gasteiger partial charge is 0.497 e. The molecule has 0 atom stereocenters. The van der Waals surface area contributed by atoms with E-state index in [1.54, 1.807) is 57.9 Å². The number of imidazole rings is 1. The summed E-state index contributed by atoms with van der Waals surface area (Å²) >= 11 is 1.34. The van der Waals surface area contributed by atoms with Crippen LogP contribution in [-0.2, 0) is 4.79 Å². The predicted molar refractivity (Wildman–Crippen MR) is 109 cm³/mol. The van der Waals surface area contributed by atoms with E-state index in [0.717, 1.165) is 11.4 Å². The van der Waals surface area contributed by atoms with Gasteiger partial charge in [-0.2, -0.15) is 0 Å². The van der Waals surface area contributed by atoms with Crippen LogP contribution >= 0.6 is 11.8 Å². The predicted octanol–water partition coefficient (Wildman–Crippen LogP) is 3.63. The number of hydrogen-bond acceptors (Lipinski definition) is 6. The normalized spacial score (nSPS) is 10.4. The van der Waals surface area contributed by atoms with Gasteiger partial charge in [0.05, 0.1) is 32.8 Å². The van der Waals surface area contributed by atoms with Crippen LogP contribution in [0.25, 0.3) is 5.69 Å². The van der Waals surface area contributed by atoms with Crippen molar-refractivity contribution in [2.24, 2.45) is 0 Å². The fourth-order valence-electron chi connectivity index (χ4n) is 2.57. The molecule has 0 aliphatic rings. The highest BCUT2D eigenvalue weighted by Gasteiger charge is 2.13. The van der Waals surface area contributed by atoms with E-state index in [-0.39, 0.29) is 11.7 Å². The van der Waals surface area contributed by atoms with Crippen molar-refractivity contribution in [2.75, 3.05) is 32.4 Å². The summed E-state index contributed by atoms with van der Waals surface area (Å²) in [6, 6.07) is 12.7. The van der Waals surface area contributed by atoms with Crippen LogP contribution in [0.1, 0.15) is 0 Å². The van der Waals surface area contributed by atoms with Crippen LogP contribution in [-0.4, -0.2) is 42.5 Å². The fraction of sp³-hybridized carbons (Fsp3) is 0.200. The Bertz CT molecular complexity index is 941. The lowest BCUT2D eigenvalue weighted by atomic mass is 10.2. The van der Waals surface area contributed by atoms with Crippen molar-refractivity contribution in [3.63, 3.8) is 0 Å². The highest BCUT2D eigenvalue weighted by Crippen LogP contribution is 2.30. The zero-order valence-electron chi connectivity index (χ0n) is 15.8. The Kier molecular flexibility index (Phi) is 6.44. The van der Waals surface area contributed by atoms with Gasteiger partial charge in [-0.05, 0) is 36.4 Å². The van der Waals surface area contributed by atoms with Gasteiger partial charge in [-0.1, -0.05) is 11.8 Å². The lowest BCUT2D eigenvalue weighted by Gasteiger charge is -2.13. The van der Waals surface area contributed by atoms with Crippen LogP contribution in [0.4, 0.5) is 5.69 Å². The number of carbonyl (C=O) groups excluding carboxylic acids is 1. The zero-order chi connectivity index (χ0) is 19.9. The molecule has 1 amide bonds. The first-order valence-electron chi connectivity index (χ1n) is 8.47. The molecule has 1 aromatic heterocycles. The first-order valence-corrected chi connectivity index (χ1v) is 9.45. The van der Waals surface area contributed by atoms with E-state index >= 15 is 0 Å². The topological polar surface area (TPSA) is 74.6 Å². The smallest absolute Gasteiger partial charge is 0.234 e. The maximum absolute atomic E-state index is 12.3. The summed E-state index contributed by atoms with van der Waals surface area (Å²) in [7, 11) is 4.81. The molecular formula is C20H21N3O4S. The van der Waals surface area contributed by atoms with Crippen LogP contribution in [0.15, 0.2) is 60.0 Å². The van der Waals surface area contributed by atoms with Gasteiger partial charge < -0.3 is 19.5 Å². The average Bonchev–Trinajstić information content (AvgIpc) is 3.20. The van der Waals surface area contributed by atoms with Gasteiger partial charge in [0.15, 0.2) is 5.16 Å². The second kappa shape index (κ2) is 9.18. The summed E-state index contributed by atoms with van der Waals surface area (Å²) in [6.07, 6.45) is 3.52. The second-order valence-electron chi connectivity index (χ2n) is 5.68. The molecule has 0 bridgehead atoms. The molecular weight excluding hydrogens is 378 g/mol. The minimum atomic E-state index is -0.119. The Hall–Kier alpha value is -3.13. The maximum Gasteiger partial charge on any atom is 0.234 e. The number of anilines is 1. The number of hydrogen-bond donors (Lipinski definition) is 1. The van der Waals surface area contributed by atoms with Gasteiger partial charge in [0.1, 0.15) is 17.2 Å². The van der Waals surface area contributed by atoms with E-state index in [1.807, 2.05) is 22.9 Å². The number of nitrogens with one attached hydrogen (secondary N) is 1. The summed E-state index contributed by atoms with van der Waals surface area (Å²) < 4.78 is 17.7. The Labute approximate surface area is 167 Å². The molecule has 7 nitrogen and oxygen atoms in total. The van der Waals surface area contributed by atoms with Crippen LogP contribution in [0.5, 0.6) is 17.2 Å². The highest BCUT2D eigenvalue weighted by molar-refractivity contribution is 7.99. The van der Waals surface area contributed by atoms with Crippen molar-refractivity contribution in [3.8, 4) is 22.9 Å². The third-order valence-electron chi connectivity index (χ3n) is 3.96. The molecule has 2 aromatic carbocycles. The first-order chi connectivity index (χ1) is 13.6. The van der Waals surface area contributed by atoms with Crippen molar-refractivity contribution in [1.82, 2.24) is 9.55 Å². The van der Waals surface area contributed by atoms with Gasteiger partial charge in [0, 0.05) is 24.1 Å². The molecule has 0 spiro atoms. The number of carbonyl (C=O) groups is 1. The van der Waals surface area contributed by atoms with Gasteiger partial charge in [0.25, 0.3) is 0 Å². The van der Waals surface area contributed by atoms with Gasteiger partial charge in [-0.3, -0.25) is 9.36 Å². The van der Waals surface area contributed by atoms with Crippen molar-refractivity contribution in [1.29, 1.82) is 0 Å². The molecule has 0 fully saturated rings. The number of benzene rings is 2. The number of ether oxygens (including phenoxy) is 3. The van der Waals surface area contributed by atoms with Crippen molar-refractivity contribution >= 4 is 23.4 Å². The third-order valence-corrected chi connectivity index (χ3v) is 4.93. The highest BCUT2D eigenvalue weighted by atomic mass is 32.2. The Morgan fingerprint density at radius 2 is 1.75 bits per heavy atom. The van der Waals surface area contributed by atoms with E-state index < -0.39 is 0 Å². The van der Waals surface area contributed by atoms with Gasteiger partial charge in [-0.25, -0.2) is 4.98 Å². The lowest BCUT2D eigenvalue weighted by Crippen LogP contribution is -2.14. The van der Waals surface area contributed by atoms with Crippen molar-refractivity contribution in [2.45, 2.75) is 5.16 Å². The molecule has 3 aromatic rings. The summed E-state index contributed by atoms with van der Waals surface area (Å²) in [5.74, 6) is 2.20. The van der Waals surface area contributed by atoms with Gasteiger partial charge in [-0.15, -0.1) is 0 Å². The Balaban J connectivity index is 1.68. The molecule has 0 radical (unpaired) electrons. The summed E-state index contributed by atoms with van der Waals surface area (Å²) in [6.45, 7) is 0. The van der Waals surface area contributed by atoms with Crippen molar-refractivity contribution < 1.29 is 19.0 Å². The van der Waals surface area contributed by atoms with Crippen LogP contribution in [0.2, 0.25) is 0 Å². The SMILES string of the molecule is COc1ccc(NC(=O)CSc2nccn2-c2ccc(OC)cc2OC)cc1. The van der Waals surface area contributed by atoms with Crippen molar-refractivity contribution in [3.05, 3.63) is 54.9 Å². The summed E-state index contributed by atoms with van der Waals surface area (Å²) in [5.41, 5.74) is 1.53. The maximum atomic E-state index is 12.3. The molecule has 0 aliphatic heterocycles. The number of amides is 1. The zero-order valence-corrected chi connectivity index (χ0v) is 16.7. The number of rotatable bonds is 8. The fourth-order valence-corrected chi connectivity index (χ4v) is 3.33. The van der Waals surface area contributed by atoms with Gasteiger partial charge in [0.2, 0.25) is 5.91 Å². The van der Waals surface area contributed by atoms with E-state index in [1.165, 1.54) is 11.8 Å². The standard InChI is InChI=1S/C20H21N3O4S/c1-25-15-6-4-14(5-7-15)22-19(24)13-28-20-21-10-11-23(20)17-9-8-16(26-2)12-18(17)27-3/h4-12H,13H2,1-3H3,(H,22,24). The van der Waals surface area contributed by atoms with E-state index in [0.29, 0.717) is 22.3 Å². The van der Waals surface area contributed by atoms with E-state index in [2.05, 4.69) is 10.3 Å². The van der Waals surface area contributed by atoms with Crippen LogP contribution < -0.4 is 19.5 Å². The molecule has 0 unspecified atom stereocenters. The van der Waals surface area contributed by atoms with Crippen LogP contribution in [0.3, 0.4) is 0 Å². The summed E-state index contributed by atoms with van der Waals surface area (Å²) in [5, 5.41) is 3.55. The van der Waals surface area contributed by atoms with E-state index in [4.69, 9.17) is 14.2 Å². The third kappa shape index (κ3) is 4.58. The second-order valence-corrected chi connectivity index (χ2v) is 6.63. The summed E-state index contributed by atoms with van der Waals surface area (Å²) in [4.78, 5) is 16.6. The number of methoxy groups -OCH3 is 3. The molecule has 1 N–H and O–H groups in total. The van der Waals surface area contributed by atoms with E-state index in [9.17, 15) is 4.79 Å². The number of nitrogens with zero attached hydrogens (tertiary/aromatic N) is 2. The monoisotopic (exact) mass is 399 g/mol. The number of thioether (sulfide) groups is 1. The molecule has 0 saturated carbocycles. The lowest BCUT2D eigenvalue weighted by molar-refractivity contribution is -0.113. The molecule has 146 valence electrons. The quantitative estimate of drug-likeness (QED) is 0.583. The Morgan fingerprint density at radius 3 is 2.43 bits per heavy atom. The van der Waals surface area contributed by atoms with Gasteiger partial charge >= 0.3 is 0 Å². The molecule has 1 heterocycles.